The lowest BCUT2D eigenvalue weighted by molar-refractivity contribution is -0.147. The van der Waals surface area contributed by atoms with E-state index >= 15 is 0 Å². The first-order valence-electron chi connectivity index (χ1n) is 6.27. The summed E-state index contributed by atoms with van der Waals surface area (Å²) in [5.41, 5.74) is -0.958. The number of carboxylic acids is 1. The zero-order valence-electron chi connectivity index (χ0n) is 10.3. The van der Waals surface area contributed by atoms with Crippen molar-refractivity contribution in [2.24, 2.45) is 5.92 Å². The molecule has 0 amide bonds. The number of carboxylic acid groups (broad SMARTS) is 1. The topological polar surface area (TPSA) is 67.8 Å². The van der Waals surface area contributed by atoms with Gasteiger partial charge in [-0.05, 0) is 26.2 Å². The van der Waals surface area contributed by atoms with E-state index in [4.69, 9.17) is 9.47 Å². The molecule has 0 radical (unpaired) electrons. The smallest absolute Gasteiger partial charge is 0.326 e. The second-order valence-corrected chi connectivity index (χ2v) is 5.30. The number of carbonyl (C=O) groups is 1. The number of hydrogen-bond donors (Lipinski definition) is 2. The highest BCUT2D eigenvalue weighted by atomic mass is 16.5. The lowest BCUT2D eigenvalue weighted by Gasteiger charge is -2.26. The first kappa shape index (κ1) is 12.8. The summed E-state index contributed by atoms with van der Waals surface area (Å²) in [6, 6.07) is 0.356. The molecule has 98 valence electrons. The monoisotopic (exact) mass is 243 g/mol. The van der Waals surface area contributed by atoms with E-state index < -0.39 is 11.5 Å². The van der Waals surface area contributed by atoms with Crippen LogP contribution in [0.1, 0.15) is 26.2 Å². The third-order valence-electron chi connectivity index (χ3n) is 3.34. The van der Waals surface area contributed by atoms with Crippen LogP contribution in [0, 0.1) is 5.92 Å². The average molecular weight is 243 g/mol. The Bertz CT molecular complexity index is 274. The summed E-state index contributed by atoms with van der Waals surface area (Å²) in [6.45, 7) is 4.04. The normalized spacial score (nSPS) is 27.9. The van der Waals surface area contributed by atoms with Crippen molar-refractivity contribution in [1.82, 2.24) is 5.32 Å². The van der Waals surface area contributed by atoms with E-state index in [2.05, 4.69) is 5.32 Å². The molecule has 5 nitrogen and oxygen atoms in total. The Morgan fingerprint density at radius 3 is 2.82 bits per heavy atom. The molecule has 0 aromatic heterocycles. The van der Waals surface area contributed by atoms with Gasteiger partial charge in [0.2, 0.25) is 0 Å². The van der Waals surface area contributed by atoms with Crippen LogP contribution >= 0.6 is 0 Å². The van der Waals surface area contributed by atoms with Crippen LogP contribution in [0.25, 0.3) is 0 Å². The van der Waals surface area contributed by atoms with Crippen molar-refractivity contribution >= 4 is 5.97 Å². The number of hydrogen-bond acceptors (Lipinski definition) is 4. The minimum absolute atomic E-state index is 0.218. The van der Waals surface area contributed by atoms with Gasteiger partial charge in [-0.1, -0.05) is 0 Å². The molecule has 2 rings (SSSR count). The Labute approximate surface area is 101 Å². The van der Waals surface area contributed by atoms with Crippen LogP contribution in [0.3, 0.4) is 0 Å². The van der Waals surface area contributed by atoms with Gasteiger partial charge in [0.1, 0.15) is 5.54 Å². The third kappa shape index (κ3) is 3.66. The van der Waals surface area contributed by atoms with Crippen molar-refractivity contribution in [3.63, 3.8) is 0 Å². The molecule has 0 spiro atoms. The zero-order valence-corrected chi connectivity index (χ0v) is 10.3. The molecule has 5 heteroatoms. The Morgan fingerprint density at radius 2 is 2.29 bits per heavy atom. The molecule has 0 bridgehead atoms. The van der Waals surface area contributed by atoms with E-state index in [1.807, 2.05) is 0 Å². The molecule has 1 saturated carbocycles. The minimum Gasteiger partial charge on any atom is -0.480 e. The van der Waals surface area contributed by atoms with Crippen molar-refractivity contribution in [3.8, 4) is 0 Å². The van der Waals surface area contributed by atoms with Gasteiger partial charge < -0.3 is 14.6 Å². The maximum atomic E-state index is 11.2. The summed E-state index contributed by atoms with van der Waals surface area (Å²) >= 11 is 0. The maximum Gasteiger partial charge on any atom is 0.326 e. The summed E-state index contributed by atoms with van der Waals surface area (Å²) < 4.78 is 10.8. The summed E-state index contributed by atoms with van der Waals surface area (Å²) in [6.07, 6.45) is 3.15. The first-order chi connectivity index (χ1) is 8.10. The highest BCUT2D eigenvalue weighted by Gasteiger charge is 2.39. The van der Waals surface area contributed by atoms with Gasteiger partial charge in [-0.15, -0.1) is 0 Å². The fourth-order valence-electron chi connectivity index (χ4n) is 1.99. The molecular weight excluding hydrogens is 222 g/mol. The minimum atomic E-state index is -0.958. The molecule has 1 aliphatic carbocycles. The van der Waals surface area contributed by atoms with Gasteiger partial charge in [-0.2, -0.15) is 0 Å². The largest absolute Gasteiger partial charge is 0.480 e. The number of nitrogens with one attached hydrogen (secondary N) is 1. The predicted octanol–water partition coefficient (Wildman–Crippen LogP) is 0.635. The van der Waals surface area contributed by atoms with E-state index in [1.54, 1.807) is 6.92 Å². The molecule has 0 aromatic carbocycles. The highest BCUT2D eigenvalue weighted by Crippen LogP contribution is 2.23. The van der Waals surface area contributed by atoms with Crippen molar-refractivity contribution in [2.45, 2.75) is 37.8 Å². The quantitative estimate of drug-likeness (QED) is 0.686. The molecule has 17 heavy (non-hydrogen) atoms. The van der Waals surface area contributed by atoms with Crippen molar-refractivity contribution in [1.29, 1.82) is 0 Å². The number of aliphatic carboxylic acids is 1. The molecule has 1 aliphatic heterocycles. The standard InChI is InChI=1S/C12H21NO4/c1-12(11(14)15,13-10-2-3-10)8-17-7-9-4-5-16-6-9/h9-10,13H,2-8H2,1H3,(H,14,15). The molecular formula is C12H21NO4. The summed E-state index contributed by atoms with van der Waals surface area (Å²) in [5.74, 6) is -0.416. The van der Waals surface area contributed by atoms with Gasteiger partial charge in [0, 0.05) is 18.6 Å². The van der Waals surface area contributed by atoms with Crippen molar-refractivity contribution in [3.05, 3.63) is 0 Å². The molecule has 2 fully saturated rings. The van der Waals surface area contributed by atoms with Crippen LogP contribution < -0.4 is 5.32 Å². The zero-order chi connectivity index (χ0) is 12.3. The van der Waals surface area contributed by atoms with Crippen molar-refractivity contribution < 1.29 is 19.4 Å². The molecule has 2 unspecified atom stereocenters. The molecule has 1 heterocycles. The predicted molar refractivity (Wildman–Crippen MR) is 61.9 cm³/mol. The second-order valence-electron chi connectivity index (χ2n) is 5.30. The summed E-state index contributed by atoms with van der Waals surface area (Å²) in [7, 11) is 0. The van der Waals surface area contributed by atoms with Gasteiger partial charge >= 0.3 is 5.97 Å². The molecule has 2 atom stereocenters. The third-order valence-corrected chi connectivity index (χ3v) is 3.34. The van der Waals surface area contributed by atoms with E-state index in [0.29, 0.717) is 18.6 Å². The van der Waals surface area contributed by atoms with Crippen LogP contribution in [0.4, 0.5) is 0 Å². The van der Waals surface area contributed by atoms with Crippen LogP contribution in [0.5, 0.6) is 0 Å². The SMILES string of the molecule is CC(COCC1CCOC1)(NC1CC1)C(=O)O. The molecule has 0 aromatic rings. The summed E-state index contributed by atoms with van der Waals surface area (Å²) in [5, 5.41) is 12.4. The van der Waals surface area contributed by atoms with E-state index in [0.717, 1.165) is 32.5 Å². The van der Waals surface area contributed by atoms with E-state index in [9.17, 15) is 9.90 Å². The van der Waals surface area contributed by atoms with Crippen LogP contribution in [0.15, 0.2) is 0 Å². The van der Waals surface area contributed by atoms with Crippen LogP contribution in [0.2, 0.25) is 0 Å². The number of rotatable bonds is 7. The van der Waals surface area contributed by atoms with E-state index in [-0.39, 0.29) is 6.61 Å². The first-order valence-corrected chi connectivity index (χ1v) is 6.27. The highest BCUT2D eigenvalue weighted by molar-refractivity contribution is 5.78. The van der Waals surface area contributed by atoms with Gasteiger partial charge in [0.05, 0.1) is 19.8 Å². The molecule has 2 aliphatic rings. The Hall–Kier alpha value is -0.650. The lowest BCUT2D eigenvalue weighted by Crippen LogP contribution is -2.54. The molecule has 1 saturated heterocycles. The van der Waals surface area contributed by atoms with Crippen LogP contribution in [-0.2, 0) is 14.3 Å². The van der Waals surface area contributed by atoms with Crippen molar-refractivity contribution in [2.75, 3.05) is 26.4 Å². The second kappa shape index (κ2) is 5.33. The Kier molecular flexibility index (Phi) is 4.01. The Morgan fingerprint density at radius 1 is 1.53 bits per heavy atom. The van der Waals surface area contributed by atoms with Gasteiger partial charge in [0.15, 0.2) is 0 Å². The fraction of sp³-hybridized carbons (Fsp3) is 0.917. The van der Waals surface area contributed by atoms with E-state index in [1.165, 1.54) is 0 Å². The maximum absolute atomic E-state index is 11.2. The fourth-order valence-corrected chi connectivity index (χ4v) is 1.99. The van der Waals surface area contributed by atoms with Gasteiger partial charge in [-0.3, -0.25) is 10.1 Å². The average Bonchev–Trinajstić information content (AvgIpc) is 2.93. The lowest BCUT2D eigenvalue weighted by atomic mass is 10.0. The molecule has 2 N–H and O–H groups in total. The van der Waals surface area contributed by atoms with Gasteiger partial charge in [-0.25, -0.2) is 0 Å². The number of ether oxygens (including phenoxy) is 2. The van der Waals surface area contributed by atoms with Gasteiger partial charge in [0.25, 0.3) is 0 Å². The summed E-state index contributed by atoms with van der Waals surface area (Å²) in [4.78, 5) is 11.2. The van der Waals surface area contributed by atoms with Crippen LogP contribution in [-0.4, -0.2) is 49.1 Å². The Balaban J connectivity index is 1.73.